The summed E-state index contributed by atoms with van der Waals surface area (Å²) < 4.78 is 0. The van der Waals surface area contributed by atoms with Crippen LogP contribution in [-0.4, -0.2) is 34.3 Å². The molecule has 0 spiro atoms. The molecule has 0 aliphatic heterocycles. The summed E-state index contributed by atoms with van der Waals surface area (Å²) in [4.78, 5) is 8.56. The minimum Gasteiger partial charge on any atom is -0.393 e. The first kappa shape index (κ1) is 12.7. The zero-order valence-electron chi connectivity index (χ0n) is 10.1. The van der Waals surface area contributed by atoms with E-state index < -0.39 is 0 Å². The smallest absolute Gasteiger partial charge is 0.224 e. The Morgan fingerprint density at radius 1 is 1.38 bits per heavy atom. The molecule has 1 aromatic heterocycles. The van der Waals surface area contributed by atoms with E-state index in [1.165, 1.54) is 0 Å². The molecular formula is C11H20N4O. The van der Waals surface area contributed by atoms with Crippen LogP contribution in [0.25, 0.3) is 0 Å². The van der Waals surface area contributed by atoms with Gasteiger partial charge in [-0.3, -0.25) is 0 Å². The Labute approximate surface area is 96.3 Å². The Morgan fingerprint density at radius 2 is 2.12 bits per heavy atom. The maximum Gasteiger partial charge on any atom is 0.224 e. The second-order valence-corrected chi connectivity index (χ2v) is 3.81. The summed E-state index contributed by atoms with van der Waals surface area (Å²) in [5, 5.41) is 15.4. The fourth-order valence-electron chi connectivity index (χ4n) is 1.31. The quantitative estimate of drug-likeness (QED) is 0.681. The number of anilines is 2. The molecular weight excluding hydrogens is 204 g/mol. The molecule has 5 heteroatoms. The fraction of sp³-hybridized carbons (Fsp3) is 0.636. The van der Waals surface area contributed by atoms with Gasteiger partial charge in [0.2, 0.25) is 5.95 Å². The van der Waals surface area contributed by atoms with Gasteiger partial charge in [0, 0.05) is 24.8 Å². The van der Waals surface area contributed by atoms with E-state index in [0.29, 0.717) is 18.9 Å². The number of aliphatic hydroxyl groups excluding tert-OH is 1. The van der Waals surface area contributed by atoms with Crippen molar-refractivity contribution in [2.24, 2.45) is 0 Å². The molecule has 0 aliphatic rings. The predicted octanol–water partition coefficient (Wildman–Crippen LogP) is 1.40. The number of aliphatic hydroxyl groups is 1. The molecule has 1 heterocycles. The molecule has 0 saturated carbocycles. The van der Waals surface area contributed by atoms with Crippen molar-refractivity contribution in [1.82, 2.24) is 9.97 Å². The molecule has 1 atom stereocenters. The maximum absolute atomic E-state index is 9.14. The Balaban J connectivity index is 2.58. The normalized spacial score (nSPS) is 12.2. The number of hydrogen-bond acceptors (Lipinski definition) is 5. The number of rotatable bonds is 6. The number of nitrogens with one attached hydrogen (secondary N) is 2. The lowest BCUT2D eigenvalue weighted by Gasteiger charge is -2.09. The van der Waals surface area contributed by atoms with Crippen molar-refractivity contribution in [2.75, 3.05) is 23.7 Å². The molecule has 0 bridgehead atoms. The number of nitrogens with zero attached hydrogens (tertiary/aromatic N) is 2. The van der Waals surface area contributed by atoms with Crippen LogP contribution in [0.3, 0.4) is 0 Å². The summed E-state index contributed by atoms with van der Waals surface area (Å²) in [6, 6.07) is 1.89. The maximum atomic E-state index is 9.14. The van der Waals surface area contributed by atoms with Gasteiger partial charge in [0.25, 0.3) is 0 Å². The molecule has 5 nitrogen and oxygen atoms in total. The lowest BCUT2D eigenvalue weighted by atomic mass is 10.3. The van der Waals surface area contributed by atoms with Crippen molar-refractivity contribution in [3.63, 3.8) is 0 Å². The molecule has 0 saturated heterocycles. The molecule has 3 N–H and O–H groups in total. The van der Waals surface area contributed by atoms with Crippen LogP contribution in [0.5, 0.6) is 0 Å². The number of aromatic nitrogens is 2. The van der Waals surface area contributed by atoms with Gasteiger partial charge in [0.1, 0.15) is 5.82 Å². The molecule has 0 aromatic carbocycles. The van der Waals surface area contributed by atoms with Crippen LogP contribution in [0.15, 0.2) is 6.07 Å². The topological polar surface area (TPSA) is 70.1 Å². The Bertz CT molecular complexity index is 328. The van der Waals surface area contributed by atoms with Crippen molar-refractivity contribution >= 4 is 11.8 Å². The van der Waals surface area contributed by atoms with E-state index in [4.69, 9.17) is 5.11 Å². The second kappa shape index (κ2) is 6.27. The monoisotopic (exact) mass is 224 g/mol. The van der Waals surface area contributed by atoms with E-state index in [0.717, 1.165) is 18.1 Å². The lowest BCUT2D eigenvalue weighted by Crippen LogP contribution is -2.12. The van der Waals surface area contributed by atoms with Crippen LogP contribution in [-0.2, 0) is 0 Å². The van der Waals surface area contributed by atoms with Gasteiger partial charge in [-0.25, -0.2) is 4.98 Å². The third kappa shape index (κ3) is 4.44. The van der Waals surface area contributed by atoms with E-state index >= 15 is 0 Å². The van der Waals surface area contributed by atoms with E-state index in [1.54, 1.807) is 6.92 Å². The van der Waals surface area contributed by atoms with Crippen LogP contribution >= 0.6 is 0 Å². The first-order valence-electron chi connectivity index (χ1n) is 5.63. The summed E-state index contributed by atoms with van der Waals surface area (Å²) in [5.74, 6) is 1.44. The Morgan fingerprint density at radius 3 is 2.75 bits per heavy atom. The van der Waals surface area contributed by atoms with E-state index in [9.17, 15) is 0 Å². The highest BCUT2D eigenvalue weighted by Crippen LogP contribution is 2.09. The molecule has 1 aromatic rings. The van der Waals surface area contributed by atoms with Gasteiger partial charge < -0.3 is 15.7 Å². The molecule has 1 rings (SSSR count). The van der Waals surface area contributed by atoms with Crippen LogP contribution in [0.2, 0.25) is 0 Å². The highest BCUT2D eigenvalue weighted by atomic mass is 16.3. The Hall–Kier alpha value is -1.36. The largest absolute Gasteiger partial charge is 0.393 e. The summed E-state index contributed by atoms with van der Waals surface area (Å²) in [6.07, 6.45) is 0.420. The molecule has 0 aliphatic carbocycles. The van der Waals surface area contributed by atoms with Crippen molar-refractivity contribution in [3.8, 4) is 0 Å². The van der Waals surface area contributed by atoms with Crippen LogP contribution in [0.1, 0.15) is 26.0 Å². The fourth-order valence-corrected chi connectivity index (χ4v) is 1.31. The van der Waals surface area contributed by atoms with Gasteiger partial charge >= 0.3 is 0 Å². The highest BCUT2D eigenvalue weighted by Gasteiger charge is 2.01. The van der Waals surface area contributed by atoms with Crippen molar-refractivity contribution in [3.05, 3.63) is 11.8 Å². The lowest BCUT2D eigenvalue weighted by molar-refractivity contribution is 0.188. The zero-order valence-corrected chi connectivity index (χ0v) is 10.1. The van der Waals surface area contributed by atoms with Crippen LogP contribution in [0.4, 0.5) is 11.8 Å². The third-order valence-corrected chi connectivity index (χ3v) is 2.06. The molecule has 0 fully saturated rings. The summed E-state index contributed by atoms with van der Waals surface area (Å²) in [6.45, 7) is 7.22. The van der Waals surface area contributed by atoms with Crippen LogP contribution in [0, 0.1) is 6.92 Å². The molecule has 0 radical (unpaired) electrons. The predicted molar refractivity (Wildman–Crippen MR) is 65.7 cm³/mol. The van der Waals surface area contributed by atoms with Gasteiger partial charge in [-0.05, 0) is 27.2 Å². The van der Waals surface area contributed by atoms with Gasteiger partial charge in [-0.1, -0.05) is 0 Å². The molecule has 0 amide bonds. The SMILES string of the molecule is CCNc1nc(C)cc(NCCC(C)O)n1. The minimum absolute atomic E-state index is 0.288. The Kier molecular flexibility index (Phi) is 4.98. The van der Waals surface area contributed by atoms with E-state index in [1.807, 2.05) is 19.9 Å². The summed E-state index contributed by atoms with van der Waals surface area (Å²) >= 11 is 0. The third-order valence-electron chi connectivity index (χ3n) is 2.06. The second-order valence-electron chi connectivity index (χ2n) is 3.81. The van der Waals surface area contributed by atoms with Crippen LogP contribution < -0.4 is 10.6 Å². The molecule has 90 valence electrons. The average Bonchev–Trinajstić information content (AvgIpc) is 2.16. The van der Waals surface area contributed by atoms with Crippen molar-refractivity contribution in [2.45, 2.75) is 33.3 Å². The standard InChI is InChI=1S/C11H20N4O/c1-4-12-11-14-8(2)7-10(15-11)13-6-5-9(3)16/h7,9,16H,4-6H2,1-3H3,(H2,12,13,14,15). The summed E-state index contributed by atoms with van der Waals surface area (Å²) in [5.41, 5.74) is 0.922. The highest BCUT2D eigenvalue weighted by molar-refractivity contribution is 5.41. The van der Waals surface area contributed by atoms with Crippen molar-refractivity contribution in [1.29, 1.82) is 0 Å². The number of aryl methyl sites for hydroxylation is 1. The molecule has 16 heavy (non-hydrogen) atoms. The van der Waals surface area contributed by atoms with Gasteiger partial charge in [0.05, 0.1) is 6.10 Å². The van der Waals surface area contributed by atoms with Gasteiger partial charge in [-0.15, -0.1) is 0 Å². The first-order chi connectivity index (χ1) is 7.61. The van der Waals surface area contributed by atoms with E-state index in [2.05, 4.69) is 20.6 Å². The van der Waals surface area contributed by atoms with E-state index in [-0.39, 0.29) is 6.10 Å². The minimum atomic E-state index is -0.288. The number of hydrogen-bond donors (Lipinski definition) is 3. The van der Waals surface area contributed by atoms with Gasteiger partial charge in [0.15, 0.2) is 0 Å². The van der Waals surface area contributed by atoms with Gasteiger partial charge in [-0.2, -0.15) is 4.98 Å². The first-order valence-corrected chi connectivity index (χ1v) is 5.63. The summed E-state index contributed by atoms with van der Waals surface area (Å²) in [7, 11) is 0. The van der Waals surface area contributed by atoms with Crippen molar-refractivity contribution < 1.29 is 5.11 Å². The average molecular weight is 224 g/mol. The molecule has 1 unspecified atom stereocenters. The zero-order chi connectivity index (χ0) is 12.0.